The second kappa shape index (κ2) is 19.9. The van der Waals surface area contributed by atoms with Crippen LogP contribution in [0.2, 0.25) is 0 Å². The van der Waals surface area contributed by atoms with Crippen molar-refractivity contribution in [2.24, 2.45) is 0 Å². The van der Waals surface area contributed by atoms with Gasteiger partial charge in [-0.3, -0.25) is 18.6 Å². The number of hydrogen-bond acceptors (Lipinski definition) is 12. The van der Waals surface area contributed by atoms with Crippen molar-refractivity contribution in [3.05, 3.63) is 0 Å². The van der Waals surface area contributed by atoms with E-state index >= 15 is 0 Å². The van der Waals surface area contributed by atoms with Crippen molar-refractivity contribution < 1.29 is 63.1 Å². The normalized spacial score (nSPS) is 27.1. The Morgan fingerprint density at radius 3 is 1.65 bits per heavy atom. The van der Waals surface area contributed by atoms with Gasteiger partial charge in [-0.1, -0.05) is 77.6 Å². The number of carbonyl (C=O) groups excluding carboxylic acids is 2. The van der Waals surface area contributed by atoms with E-state index in [0.29, 0.717) is 6.42 Å². The van der Waals surface area contributed by atoms with Crippen LogP contribution in [-0.2, 0) is 32.7 Å². The number of ether oxygens (including phenoxy) is 2. The highest BCUT2D eigenvalue weighted by Crippen LogP contribution is 2.47. The Labute approximate surface area is 236 Å². The number of phosphoric acid groups is 1. The molecule has 0 radical (unpaired) electrons. The summed E-state index contributed by atoms with van der Waals surface area (Å²) in [5.41, 5.74) is 0. The van der Waals surface area contributed by atoms with Crippen LogP contribution < -0.4 is 0 Å². The zero-order valence-corrected chi connectivity index (χ0v) is 24.5. The topological polar surface area (TPSA) is 210 Å². The fourth-order valence-electron chi connectivity index (χ4n) is 4.36. The lowest BCUT2D eigenvalue weighted by Gasteiger charge is -2.41. The first-order valence-electron chi connectivity index (χ1n) is 14.3. The number of hydrogen-bond donors (Lipinski definition) is 6. The molecule has 6 atom stereocenters. The Morgan fingerprint density at radius 2 is 1.18 bits per heavy atom. The molecule has 236 valence electrons. The van der Waals surface area contributed by atoms with E-state index in [1.165, 1.54) is 44.9 Å². The summed E-state index contributed by atoms with van der Waals surface area (Å²) < 4.78 is 32.0. The molecular weight excluding hydrogens is 551 g/mol. The highest BCUT2D eigenvalue weighted by molar-refractivity contribution is 7.47. The van der Waals surface area contributed by atoms with Crippen LogP contribution >= 0.6 is 7.82 Å². The van der Waals surface area contributed by atoms with Crippen molar-refractivity contribution in [2.45, 2.75) is 140 Å². The van der Waals surface area contributed by atoms with E-state index in [2.05, 4.69) is 6.92 Å². The average Bonchev–Trinajstić information content (AvgIpc) is 2.91. The third-order valence-corrected chi connectivity index (χ3v) is 7.74. The molecule has 0 heterocycles. The maximum absolute atomic E-state index is 12.4. The van der Waals surface area contributed by atoms with E-state index in [1.807, 2.05) is 0 Å². The molecular formula is C26H49O13P. The van der Waals surface area contributed by atoms with Gasteiger partial charge in [0.1, 0.15) is 43.2 Å². The summed E-state index contributed by atoms with van der Waals surface area (Å²) in [5, 5.41) is 49.1. The zero-order chi connectivity index (χ0) is 30.1. The predicted octanol–water partition coefficient (Wildman–Crippen LogP) is 1.87. The molecule has 6 N–H and O–H groups in total. The third kappa shape index (κ3) is 14.7. The predicted molar refractivity (Wildman–Crippen MR) is 143 cm³/mol. The number of aliphatic hydroxyl groups is 5. The summed E-state index contributed by atoms with van der Waals surface area (Å²) >= 11 is 0. The van der Waals surface area contributed by atoms with E-state index in [9.17, 15) is 44.6 Å². The van der Waals surface area contributed by atoms with Crippen molar-refractivity contribution in [3.8, 4) is 0 Å². The monoisotopic (exact) mass is 600 g/mol. The van der Waals surface area contributed by atoms with Gasteiger partial charge in [0.15, 0.2) is 6.10 Å². The first kappa shape index (κ1) is 36.9. The van der Waals surface area contributed by atoms with Gasteiger partial charge in [0, 0.05) is 13.3 Å². The van der Waals surface area contributed by atoms with Gasteiger partial charge in [-0.05, 0) is 6.42 Å². The molecule has 0 aromatic heterocycles. The van der Waals surface area contributed by atoms with Crippen LogP contribution in [0.1, 0.15) is 97.3 Å². The van der Waals surface area contributed by atoms with E-state index in [4.69, 9.17) is 18.5 Å². The van der Waals surface area contributed by atoms with Crippen molar-refractivity contribution in [3.63, 3.8) is 0 Å². The summed E-state index contributed by atoms with van der Waals surface area (Å²) in [6.45, 7) is 2.13. The van der Waals surface area contributed by atoms with Gasteiger partial charge in [-0.25, -0.2) is 4.57 Å². The van der Waals surface area contributed by atoms with Gasteiger partial charge < -0.3 is 39.9 Å². The fraction of sp³-hybridized carbons (Fsp3) is 0.923. The van der Waals surface area contributed by atoms with Gasteiger partial charge in [0.25, 0.3) is 0 Å². The minimum Gasteiger partial charge on any atom is -0.462 e. The second-order valence-electron chi connectivity index (χ2n) is 10.3. The van der Waals surface area contributed by atoms with Crippen molar-refractivity contribution in [1.29, 1.82) is 0 Å². The average molecular weight is 601 g/mol. The van der Waals surface area contributed by atoms with E-state index in [1.54, 1.807) is 0 Å². The summed E-state index contributed by atoms with van der Waals surface area (Å²) in [7, 11) is -5.06. The molecule has 1 aliphatic carbocycles. The second-order valence-corrected chi connectivity index (χ2v) is 11.7. The molecule has 40 heavy (non-hydrogen) atoms. The van der Waals surface area contributed by atoms with Crippen molar-refractivity contribution in [1.82, 2.24) is 0 Å². The lowest BCUT2D eigenvalue weighted by atomic mass is 9.85. The van der Waals surface area contributed by atoms with Gasteiger partial charge >= 0.3 is 19.8 Å². The Kier molecular flexibility index (Phi) is 18.3. The van der Waals surface area contributed by atoms with E-state index in [0.717, 1.165) is 32.6 Å². The molecule has 1 fully saturated rings. The number of rotatable bonds is 21. The maximum atomic E-state index is 12.4. The Bertz CT molecular complexity index is 751. The SMILES string of the molecule is CCCCCCCCCCCCCCC(=O)OC(COC(C)=O)COP(=O)(O)OC1C(O)C(O)C(O)C(O)C1O. The van der Waals surface area contributed by atoms with Gasteiger partial charge in [-0.15, -0.1) is 0 Å². The Balaban J connectivity index is 2.41. The quantitative estimate of drug-likeness (QED) is 0.0632. The number of esters is 2. The van der Waals surface area contributed by atoms with Crippen LogP contribution in [0.4, 0.5) is 0 Å². The molecule has 0 saturated heterocycles. The van der Waals surface area contributed by atoms with E-state index < -0.39 is 75.7 Å². The summed E-state index contributed by atoms with van der Waals surface area (Å²) in [6, 6.07) is 0. The molecule has 1 rings (SSSR count). The minimum atomic E-state index is -5.06. The first-order chi connectivity index (χ1) is 18.9. The molecule has 1 saturated carbocycles. The van der Waals surface area contributed by atoms with Gasteiger partial charge in [0.05, 0.1) is 6.61 Å². The highest BCUT2D eigenvalue weighted by atomic mass is 31.2. The van der Waals surface area contributed by atoms with E-state index in [-0.39, 0.29) is 6.42 Å². The highest BCUT2D eigenvalue weighted by Gasteiger charge is 2.51. The third-order valence-electron chi connectivity index (χ3n) is 6.76. The number of phosphoric ester groups is 1. The zero-order valence-electron chi connectivity index (χ0n) is 23.6. The largest absolute Gasteiger partial charge is 0.472 e. The van der Waals surface area contributed by atoms with Crippen LogP contribution in [-0.4, -0.2) is 98.3 Å². The van der Waals surface area contributed by atoms with Crippen molar-refractivity contribution in [2.75, 3.05) is 13.2 Å². The lowest BCUT2D eigenvalue weighted by molar-refractivity contribution is -0.220. The number of aliphatic hydroxyl groups excluding tert-OH is 5. The molecule has 6 unspecified atom stereocenters. The van der Waals surface area contributed by atoms with Crippen LogP contribution in [0.3, 0.4) is 0 Å². The van der Waals surface area contributed by atoms with Crippen LogP contribution in [0.5, 0.6) is 0 Å². The molecule has 0 aromatic rings. The summed E-state index contributed by atoms with van der Waals surface area (Å²) in [5.74, 6) is -1.29. The smallest absolute Gasteiger partial charge is 0.462 e. The molecule has 0 bridgehead atoms. The summed E-state index contributed by atoms with van der Waals surface area (Å²) in [6.07, 6.45) is 0.544. The molecule has 0 amide bonds. The maximum Gasteiger partial charge on any atom is 0.472 e. The standard InChI is InChI=1S/C26H49O13P/c1-3-4-5-6-7-8-9-10-11-12-13-14-15-20(28)38-19(16-36-18(2)27)17-37-40(34,35)39-26-24(32)22(30)21(29)23(31)25(26)33/h19,21-26,29-33H,3-17H2,1-2H3,(H,34,35). The molecule has 1 aliphatic rings. The van der Waals surface area contributed by atoms with Crippen molar-refractivity contribution >= 4 is 19.8 Å². The molecule has 0 aliphatic heterocycles. The first-order valence-corrected chi connectivity index (χ1v) is 15.8. The summed E-state index contributed by atoms with van der Waals surface area (Å²) in [4.78, 5) is 33.5. The fourth-order valence-corrected chi connectivity index (χ4v) is 5.34. The number of carbonyl (C=O) groups is 2. The van der Waals surface area contributed by atoms with Gasteiger partial charge in [0.2, 0.25) is 0 Å². The molecule has 0 spiro atoms. The van der Waals surface area contributed by atoms with Crippen LogP contribution in [0.25, 0.3) is 0 Å². The molecule has 13 nitrogen and oxygen atoms in total. The molecule has 14 heteroatoms. The number of unbranched alkanes of at least 4 members (excludes halogenated alkanes) is 11. The lowest BCUT2D eigenvalue weighted by Crippen LogP contribution is -2.64. The van der Waals surface area contributed by atoms with Gasteiger partial charge in [-0.2, -0.15) is 0 Å². The minimum absolute atomic E-state index is 0.0971. The van der Waals surface area contributed by atoms with Crippen LogP contribution in [0, 0.1) is 0 Å². The Hall–Kier alpha value is -1.15. The molecule has 0 aromatic carbocycles. The van der Waals surface area contributed by atoms with Crippen LogP contribution in [0.15, 0.2) is 0 Å². The Morgan fingerprint density at radius 1 is 0.725 bits per heavy atom.